The van der Waals surface area contributed by atoms with Crippen molar-refractivity contribution >= 4 is 17.5 Å². The molecule has 0 unspecified atom stereocenters. The van der Waals surface area contributed by atoms with Crippen molar-refractivity contribution in [3.8, 4) is 6.07 Å². The highest BCUT2D eigenvalue weighted by atomic mass is 16.2. The van der Waals surface area contributed by atoms with Crippen LogP contribution in [0, 0.1) is 11.3 Å². The molecule has 1 rings (SSSR count). The number of likely N-dealkylation sites (N-methyl/N-ethyl adjacent to an activating group) is 1. The van der Waals surface area contributed by atoms with Crippen LogP contribution in [0.15, 0.2) is 24.3 Å². The molecule has 0 radical (unpaired) electrons. The Labute approximate surface area is 118 Å². The average molecular weight is 274 g/mol. The van der Waals surface area contributed by atoms with E-state index in [0.29, 0.717) is 17.8 Å². The van der Waals surface area contributed by atoms with E-state index in [4.69, 9.17) is 5.26 Å². The third-order valence-corrected chi connectivity index (χ3v) is 2.50. The summed E-state index contributed by atoms with van der Waals surface area (Å²) >= 11 is 0. The van der Waals surface area contributed by atoms with Gasteiger partial charge in [0.1, 0.15) is 6.42 Å². The van der Waals surface area contributed by atoms with Gasteiger partial charge >= 0.3 is 0 Å². The number of nitrogens with one attached hydrogen (secondary N) is 2. The van der Waals surface area contributed by atoms with E-state index in [-0.39, 0.29) is 18.2 Å². The van der Waals surface area contributed by atoms with Crippen molar-refractivity contribution in [1.29, 1.82) is 5.26 Å². The second-order valence-electron chi connectivity index (χ2n) is 4.57. The number of amides is 2. The molecule has 20 heavy (non-hydrogen) atoms. The maximum absolute atomic E-state index is 11.6. The predicted molar refractivity (Wildman–Crippen MR) is 76.0 cm³/mol. The average Bonchev–Trinajstić information content (AvgIpc) is 2.38. The van der Waals surface area contributed by atoms with E-state index in [1.807, 2.05) is 25.1 Å². The van der Waals surface area contributed by atoms with E-state index in [2.05, 4.69) is 10.6 Å². The molecule has 0 aliphatic carbocycles. The molecule has 0 atom stereocenters. The minimum absolute atomic E-state index is 0.215. The number of nitrogens with zero attached hydrogens (tertiary/aromatic N) is 2. The second kappa shape index (κ2) is 7.92. The second-order valence-corrected chi connectivity index (χ2v) is 4.57. The first kappa shape index (κ1) is 15.7. The van der Waals surface area contributed by atoms with Gasteiger partial charge in [-0.3, -0.25) is 9.59 Å². The lowest BCUT2D eigenvalue weighted by Gasteiger charge is -2.10. The largest absolute Gasteiger partial charge is 0.354 e. The Morgan fingerprint density at radius 1 is 1.20 bits per heavy atom. The minimum Gasteiger partial charge on any atom is -0.354 e. The third-order valence-electron chi connectivity index (χ3n) is 2.50. The number of carbonyl (C=O) groups excluding carboxylic acids is 2. The summed E-state index contributed by atoms with van der Waals surface area (Å²) in [6.45, 7) is 1.24. The molecule has 0 saturated heterocycles. The Hall–Kier alpha value is -2.39. The first-order chi connectivity index (χ1) is 9.51. The lowest BCUT2D eigenvalue weighted by Crippen LogP contribution is -2.33. The van der Waals surface area contributed by atoms with Crippen molar-refractivity contribution in [2.24, 2.45) is 0 Å². The van der Waals surface area contributed by atoms with E-state index < -0.39 is 0 Å². The fourth-order valence-electron chi connectivity index (χ4n) is 1.46. The number of hydrogen-bond donors (Lipinski definition) is 2. The maximum atomic E-state index is 11.6. The van der Waals surface area contributed by atoms with Crippen LogP contribution in [-0.4, -0.2) is 43.9 Å². The Balaban J connectivity index is 2.35. The molecule has 0 heterocycles. The van der Waals surface area contributed by atoms with Crippen LogP contribution in [0.2, 0.25) is 0 Å². The topological polar surface area (TPSA) is 85.2 Å². The fraction of sp³-hybridized carbons (Fsp3) is 0.357. The van der Waals surface area contributed by atoms with Gasteiger partial charge < -0.3 is 15.5 Å². The molecule has 2 amide bonds. The summed E-state index contributed by atoms with van der Waals surface area (Å²) in [7, 11) is 3.81. The number of benzene rings is 1. The Morgan fingerprint density at radius 2 is 1.85 bits per heavy atom. The van der Waals surface area contributed by atoms with Crippen LogP contribution in [0.1, 0.15) is 12.0 Å². The summed E-state index contributed by atoms with van der Waals surface area (Å²) in [5.74, 6) is -0.685. The number of rotatable bonds is 6. The van der Waals surface area contributed by atoms with Gasteiger partial charge in [0.05, 0.1) is 11.6 Å². The summed E-state index contributed by atoms with van der Waals surface area (Å²) in [5.41, 5.74) is 1.08. The van der Waals surface area contributed by atoms with Crippen molar-refractivity contribution in [3.05, 3.63) is 29.8 Å². The van der Waals surface area contributed by atoms with Gasteiger partial charge in [0.2, 0.25) is 11.8 Å². The number of nitriles is 1. The van der Waals surface area contributed by atoms with Crippen molar-refractivity contribution in [2.45, 2.75) is 6.42 Å². The Morgan fingerprint density at radius 3 is 2.40 bits per heavy atom. The molecule has 0 saturated carbocycles. The normalized spacial score (nSPS) is 9.90. The molecule has 0 bridgehead atoms. The number of carbonyl (C=O) groups is 2. The van der Waals surface area contributed by atoms with Gasteiger partial charge in [0, 0.05) is 18.8 Å². The van der Waals surface area contributed by atoms with Crippen LogP contribution < -0.4 is 10.6 Å². The van der Waals surface area contributed by atoms with Crippen LogP contribution in [0.4, 0.5) is 5.69 Å². The summed E-state index contributed by atoms with van der Waals surface area (Å²) in [5, 5.41) is 13.9. The number of anilines is 1. The van der Waals surface area contributed by atoms with Crippen LogP contribution in [0.5, 0.6) is 0 Å². The highest BCUT2D eigenvalue weighted by molar-refractivity contribution is 6.03. The van der Waals surface area contributed by atoms with Gasteiger partial charge in [-0.25, -0.2) is 0 Å². The van der Waals surface area contributed by atoms with Crippen LogP contribution >= 0.6 is 0 Å². The summed E-state index contributed by atoms with van der Waals surface area (Å²) in [4.78, 5) is 25.1. The van der Waals surface area contributed by atoms with Crippen LogP contribution in [-0.2, 0) is 9.59 Å². The molecule has 0 spiro atoms. The molecule has 0 aromatic heterocycles. The number of hydrogen-bond acceptors (Lipinski definition) is 4. The first-order valence-electron chi connectivity index (χ1n) is 6.22. The molecule has 0 fully saturated rings. The standard InChI is InChI=1S/C14H18N4O2/c1-18(2)8-7-16-13(19)9-14(20)17-12-5-3-11(10-15)4-6-12/h3-6H,7-9H2,1-2H3,(H,16,19)(H,17,20). The molecule has 0 aliphatic heterocycles. The van der Waals surface area contributed by atoms with E-state index in [0.717, 1.165) is 6.54 Å². The van der Waals surface area contributed by atoms with Gasteiger partial charge in [-0.15, -0.1) is 0 Å². The molecule has 1 aromatic carbocycles. The predicted octanol–water partition coefficient (Wildman–Crippen LogP) is 0.565. The van der Waals surface area contributed by atoms with Crippen LogP contribution in [0.3, 0.4) is 0 Å². The summed E-state index contributed by atoms with van der Waals surface area (Å²) in [6.07, 6.45) is -0.215. The smallest absolute Gasteiger partial charge is 0.233 e. The first-order valence-corrected chi connectivity index (χ1v) is 6.22. The highest BCUT2D eigenvalue weighted by Gasteiger charge is 2.09. The summed E-state index contributed by atoms with van der Waals surface area (Å²) in [6, 6.07) is 8.45. The van der Waals surface area contributed by atoms with Crippen molar-refractivity contribution in [2.75, 3.05) is 32.5 Å². The monoisotopic (exact) mass is 274 g/mol. The lowest BCUT2D eigenvalue weighted by molar-refractivity contribution is -0.126. The minimum atomic E-state index is -0.378. The van der Waals surface area contributed by atoms with E-state index in [9.17, 15) is 9.59 Å². The van der Waals surface area contributed by atoms with Crippen LogP contribution in [0.25, 0.3) is 0 Å². The van der Waals surface area contributed by atoms with E-state index >= 15 is 0 Å². The molecule has 2 N–H and O–H groups in total. The van der Waals surface area contributed by atoms with Gasteiger partial charge in [-0.2, -0.15) is 5.26 Å². The molecule has 6 heteroatoms. The van der Waals surface area contributed by atoms with Crippen molar-refractivity contribution < 1.29 is 9.59 Å². The van der Waals surface area contributed by atoms with Crippen molar-refractivity contribution in [3.63, 3.8) is 0 Å². The molecule has 1 aromatic rings. The van der Waals surface area contributed by atoms with Gasteiger partial charge in [0.15, 0.2) is 0 Å². The summed E-state index contributed by atoms with van der Waals surface area (Å²) < 4.78 is 0. The maximum Gasteiger partial charge on any atom is 0.233 e. The zero-order valence-corrected chi connectivity index (χ0v) is 11.6. The van der Waals surface area contributed by atoms with Gasteiger partial charge in [0.25, 0.3) is 0 Å². The van der Waals surface area contributed by atoms with Gasteiger partial charge in [-0.05, 0) is 38.4 Å². The zero-order chi connectivity index (χ0) is 15.0. The molecule has 6 nitrogen and oxygen atoms in total. The lowest BCUT2D eigenvalue weighted by atomic mass is 10.2. The van der Waals surface area contributed by atoms with E-state index in [1.165, 1.54) is 0 Å². The highest BCUT2D eigenvalue weighted by Crippen LogP contribution is 2.08. The molecule has 0 aliphatic rings. The quantitative estimate of drug-likeness (QED) is 0.742. The van der Waals surface area contributed by atoms with E-state index in [1.54, 1.807) is 24.3 Å². The van der Waals surface area contributed by atoms with Gasteiger partial charge in [-0.1, -0.05) is 0 Å². The van der Waals surface area contributed by atoms with Crippen molar-refractivity contribution in [1.82, 2.24) is 10.2 Å². The Kier molecular flexibility index (Phi) is 6.20. The molecule has 106 valence electrons. The molecular formula is C14H18N4O2. The Bertz CT molecular complexity index is 503. The zero-order valence-electron chi connectivity index (χ0n) is 11.6. The third kappa shape index (κ3) is 5.98. The molecular weight excluding hydrogens is 256 g/mol. The SMILES string of the molecule is CN(C)CCNC(=O)CC(=O)Nc1ccc(C#N)cc1. The fourth-order valence-corrected chi connectivity index (χ4v) is 1.46.